The molecule has 0 aromatic heterocycles. The third-order valence-corrected chi connectivity index (χ3v) is 7.14. The number of ether oxygens (including phenoxy) is 3. The number of nitrogens with one attached hydrogen (secondary N) is 1. The molecule has 1 N–H and O–H groups in total. The summed E-state index contributed by atoms with van der Waals surface area (Å²) in [6.07, 6.45) is 2.84. The first-order valence-electron chi connectivity index (χ1n) is 11.4. The molecule has 0 aliphatic carbocycles. The van der Waals surface area contributed by atoms with Gasteiger partial charge in [0.15, 0.2) is 11.5 Å². The fourth-order valence-electron chi connectivity index (χ4n) is 5.21. The van der Waals surface area contributed by atoms with Crippen LogP contribution >= 0.6 is 0 Å². The van der Waals surface area contributed by atoms with Crippen LogP contribution in [0.25, 0.3) is 0 Å². The van der Waals surface area contributed by atoms with Gasteiger partial charge in [-0.1, -0.05) is 12.1 Å². The lowest BCUT2D eigenvalue weighted by atomic mass is 9.78. The summed E-state index contributed by atoms with van der Waals surface area (Å²) in [4.78, 5) is 28.2. The van der Waals surface area contributed by atoms with E-state index >= 15 is 0 Å². The second-order valence-corrected chi connectivity index (χ2v) is 9.17. The van der Waals surface area contributed by atoms with Gasteiger partial charge in [-0.05, 0) is 49.4 Å². The van der Waals surface area contributed by atoms with E-state index in [1.54, 1.807) is 13.2 Å². The number of urea groups is 1. The number of carbonyl (C=O) groups is 1. The molecule has 2 aromatic carbocycles. The van der Waals surface area contributed by atoms with Crippen LogP contribution in [0.15, 0.2) is 36.4 Å². The molecule has 10 nitrogen and oxygen atoms in total. The van der Waals surface area contributed by atoms with Crippen molar-refractivity contribution in [3.63, 3.8) is 0 Å². The van der Waals surface area contributed by atoms with Crippen LogP contribution in [-0.4, -0.2) is 60.8 Å². The van der Waals surface area contributed by atoms with E-state index in [9.17, 15) is 14.9 Å². The number of hydrogen-bond acceptors (Lipinski definition) is 7. The molecule has 2 fully saturated rings. The molecule has 1 spiro atoms. The Balaban J connectivity index is 1.19. The summed E-state index contributed by atoms with van der Waals surface area (Å²) < 4.78 is 16.0. The maximum atomic E-state index is 12.8. The number of amides is 2. The first-order chi connectivity index (χ1) is 16.5. The van der Waals surface area contributed by atoms with E-state index in [4.69, 9.17) is 14.2 Å². The Kier molecular flexibility index (Phi) is 5.91. The fraction of sp³-hybridized carbons (Fsp3) is 0.458. The number of methoxy groups -OCH3 is 1. The smallest absolute Gasteiger partial charge is 0.321 e. The second kappa shape index (κ2) is 9.02. The van der Waals surface area contributed by atoms with Gasteiger partial charge in [-0.3, -0.25) is 15.0 Å². The van der Waals surface area contributed by atoms with Gasteiger partial charge in [0.1, 0.15) is 5.75 Å². The van der Waals surface area contributed by atoms with Crippen molar-refractivity contribution in [2.24, 2.45) is 5.41 Å². The highest BCUT2D eigenvalue weighted by Gasteiger charge is 2.42. The van der Waals surface area contributed by atoms with Crippen molar-refractivity contribution in [2.45, 2.75) is 25.8 Å². The van der Waals surface area contributed by atoms with Gasteiger partial charge >= 0.3 is 6.03 Å². The van der Waals surface area contributed by atoms with Crippen LogP contribution in [0.3, 0.4) is 0 Å². The zero-order valence-corrected chi connectivity index (χ0v) is 19.1. The molecule has 0 bridgehead atoms. The van der Waals surface area contributed by atoms with Gasteiger partial charge in [0.05, 0.1) is 23.8 Å². The van der Waals surface area contributed by atoms with Crippen molar-refractivity contribution in [1.82, 2.24) is 9.80 Å². The largest absolute Gasteiger partial charge is 0.495 e. The van der Waals surface area contributed by atoms with Crippen molar-refractivity contribution < 1.29 is 23.9 Å². The minimum atomic E-state index is -0.359. The maximum absolute atomic E-state index is 12.8. The van der Waals surface area contributed by atoms with Crippen LogP contribution in [0.2, 0.25) is 0 Å². The Bertz CT molecular complexity index is 1100. The Morgan fingerprint density at radius 1 is 1.15 bits per heavy atom. The molecule has 0 saturated carbocycles. The molecular formula is C24H28N4O6. The van der Waals surface area contributed by atoms with Crippen LogP contribution in [0.5, 0.6) is 17.2 Å². The molecule has 10 heteroatoms. The highest BCUT2D eigenvalue weighted by atomic mass is 16.7. The average molecular weight is 469 g/mol. The van der Waals surface area contributed by atoms with Gasteiger partial charge in [0.2, 0.25) is 6.79 Å². The third-order valence-electron chi connectivity index (χ3n) is 7.14. The zero-order valence-electron chi connectivity index (χ0n) is 19.1. The predicted molar refractivity (Wildman–Crippen MR) is 124 cm³/mol. The molecule has 3 aliphatic rings. The molecule has 5 rings (SSSR count). The van der Waals surface area contributed by atoms with E-state index in [1.165, 1.54) is 6.07 Å². The number of fused-ring (bicyclic) bond motifs is 1. The van der Waals surface area contributed by atoms with Gasteiger partial charge in [-0.2, -0.15) is 0 Å². The Labute approximate surface area is 197 Å². The van der Waals surface area contributed by atoms with E-state index in [2.05, 4.69) is 10.2 Å². The molecule has 180 valence electrons. The monoisotopic (exact) mass is 468 g/mol. The molecule has 0 radical (unpaired) electrons. The number of nitro benzene ring substituents is 1. The lowest BCUT2D eigenvalue weighted by molar-refractivity contribution is -0.385. The van der Waals surface area contributed by atoms with Gasteiger partial charge < -0.3 is 24.4 Å². The number of carbonyl (C=O) groups excluding carboxylic acids is 1. The van der Waals surface area contributed by atoms with E-state index in [0.29, 0.717) is 48.1 Å². The Hall–Kier alpha value is -3.53. The first kappa shape index (κ1) is 22.3. The van der Waals surface area contributed by atoms with Crippen LogP contribution < -0.4 is 19.5 Å². The standard InChI is InChI=1S/C24H28N4O6/c1-32-20-5-3-2-4-18(20)25-23(29)27-10-7-24(8-11-27)6-9-26(15-24)14-17-12-21-22(34-16-33-21)13-19(17)28(30)31/h2-5,12-13H,6-11,14-16H2,1H3,(H,25,29). The summed E-state index contributed by atoms with van der Waals surface area (Å²) in [6, 6.07) is 10.4. The summed E-state index contributed by atoms with van der Waals surface area (Å²) in [5.74, 6) is 1.62. The van der Waals surface area contributed by atoms with Crippen molar-refractivity contribution >= 4 is 17.4 Å². The van der Waals surface area contributed by atoms with Gasteiger partial charge in [-0.25, -0.2) is 4.79 Å². The van der Waals surface area contributed by atoms with E-state index in [0.717, 1.165) is 32.4 Å². The lowest BCUT2D eigenvalue weighted by Crippen LogP contribution is -2.45. The molecular weight excluding hydrogens is 440 g/mol. The fourth-order valence-corrected chi connectivity index (χ4v) is 5.21. The highest BCUT2D eigenvalue weighted by Crippen LogP contribution is 2.43. The molecule has 2 aromatic rings. The highest BCUT2D eigenvalue weighted by molar-refractivity contribution is 5.91. The summed E-state index contributed by atoms with van der Waals surface area (Å²) in [6.45, 7) is 3.67. The summed E-state index contributed by atoms with van der Waals surface area (Å²) in [7, 11) is 1.58. The maximum Gasteiger partial charge on any atom is 0.321 e. The Morgan fingerprint density at radius 2 is 1.85 bits per heavy atom. The number of piperidine rings is 1. The number of likely N-dealkylation sites (tertiary alicyclic amines) is 2. The van der Waals surface area contributed by atoms with Crippen LogP contribution in [-0.2, 0) is 6.54 Å². The van der Waals surface area contributed by atoms with Crippen molar-refractivity contribution in [3.8, 4) is 17.2 Å². The molecule has 34 heavy (non-hydrogen) atoms. The van der Waals surface area contributed by atoms with Gasteiger partial charge in [0, 0.05) is 31.7 Å². The topological polar surface area (TPSA) is 106 Å². The number of anilines is 1. The molecule has 0 atom stereocenters. The van der Waals surface area contributed by atoms with Crippen LogP contribution in [0, 0.1) is 15.5 Å². The first-order valence-corrected chi connectivity index (χ1v) is 11.4. The Morgan fingerprint density at radius 3 is 2.59 bits per heavy atom. The number of hydrogen-bond donors (Lipinski definition) is 1. The van der Waals surface area contributed by atoms with E-state index in [1.807, 2.05) is 29.2 Å². The SMILES string of the molecule is COc1ccccc1NC(=O)N1CCC2(CCN(Cc3cc4c(cc3[N+](=O)[O-])OCO4)C2)CC1. The van der Waals surface area contributed by atoms with Crippen molar-refractivity contribution in [3.05, 3.63) is 52.1 Å². The van der Waals surface area contributed by atoms with Crippen LogP contribution in [0.1, 0.15) is 24.8 Å². The lowest BCUT2D eigenvalue weighted by Gasteiger charge is -2.39. The molecule has 2 amide bonds. The zero-order chi connectivity index (χ0) is 23.7. The third kappa shape index (κ3) is 4.33. The van der Waals surface area contributed by atoms with Crippen molar-refractivity contribution in [1.29, 1.82) is 0 Å². The molecule has 3 heterocycles. The number of para-hydroxylation sites is 2. The van der Waals surface area contributed by atoms with Gasteiger partial charge in [0.25, 0.3) is 5.69 Å². The van der Waals surface area contributed by atoms with Crippen LogP contribution in [0.4, 0.5) is 16.2 Å². The number of rotatable bonds is 5. The molecule has 3 aliphatic heterocycles. The minimum absolute atomic E-state index is 0.0630. The quantitative estimate of drug-likeness (QED) is 0.525. The normalized spacial score (nSPS) is 18.8. The summed E-state index contributed by atoms with van der Waals surface area (Å²) in [5, 5.41) is 14.6. The minimum Gasteiger partial charge on any atom is -0.495 e. The number of nitrogens with zero attached hydrogens (tertiary/aromatic N) is 3. The summed E-state index contributed by atoms with van der Waals surface area (Å²) >= 11 is 0. The number of nitro groups is 1. The second-order valence-electron chi connectivity index (χ2n) is 9.17. The summed E-state index contributed by atoms with van der Waals surface area (Å²) in [5.41, 5.74) is 1.49. The van der Waals surface area contributed by atoms with Crippen molar-refractivity contribution in [2.75, 3.05) is 45.4 Å². The molecule has 2 saturated heterocycles. The predicted octanol–water partition coefficient (Wildman–Crippen LogP) is 3.85. The average Bonchev–Trinajstić information content (AvgIpc) is 3.46. The number of benzene rings is 2. The molecule has 0 unspecified atom stereocenters. The van der Waals surface area contributed by atoms with E-state index < -0.39 is 0 Å². The van der Waals surface area contributed by atoms with Gasteiger partial charge in [-0.15, -0.1) is 0 Å². The van der Waals surface area contributed by atoms with E-state index in [-0.39, 0.29) is 28.8 Å².